The molecule has 2 atom stereocenters. The molecule has 0 spiro atoms. The first kappa shape index (κ1) is 18.5. The predicted octanol–water partition coefficient (Wildman–Crippen LogP) is 4.02. The lowest BCUT2D eigenvalue weighted by Crippen LogP contribution is -2.42. The third-order valence-corrected chi connectivity index (χ3v) is 6.89. The van der Waals surface area contributed by atoms with Crippen molar-refractivity contribution in [2.45, 2.75) is 70.2 Å². The second-order valence-corrected chi connectivity index (χ2v) is 8.91. The molecule has 0 saturated carbocycles. The fourth-order valence-electron chi connectivity index (χ4n) is 4.01. The van der Waals surface area contributed by atoms with Gasteiger partial charge in [-0.05, 0) is 61.9 Å². The Kier molecular flexibility index (Phi) is 6.26. The fourth-order valence-corrected chi connectivity index (χ4v) is 5.26. The van der Waals surface area contributed by atoms with Crippen molar-refractivity contribution in [1.29, 1.82) is 0 Å². The average molecular weight is 338 g/mol. The van der Waals surface area contributed by atoms with Crippen molar-refractivity contribution in [3.63, 3.8) is 0 Å². The average Bonchev–Trinajstić information content (AvgIpc) is 2.54. The van der Waals surface area contributed by atoms with E-state index in [0.717, 1.165) is 44.3 Å². The molecule has 0 aromatic heterocycles. The van der Waals surface area contributed by atoms with Crippen LogP contribution in [0.4, 0.5) is 0 Å². The number of rotatable bonds is 7. The first-order valence-electron chi connectivity index (χ1n) is 9.04. The number of sulfone groups is 1. The normalized spacial score (nSPS) is 21.4. The SMILES string of the molecule is CCCN(CCC)C1CCc2cccc(S(=O)(=O)CC)c2C1C. The number of hydrogen-bond donors (Lipinski definition) is 0. The highest BCUT2D eigenvalue weighted by molar-refractivity contribution is 7.91. The van der Waals surface area contributed by atoms with E-state index in [-0.39, 0.29) is 11.7 Å². The van der Waals surface area contributed by atoms with Crippen LogP contribution in [0, 0.1) is 0 Å². The lowest BCUT2D eigenvalue weighted by atomic mass is 9.79. The lowest BCUT2D eigenvalue weighted by molar-refractivity contribution is 0.158. The zero-order valence-electron chi connectivity index (χ0n) is 15.0. The second kappa shape index (κ2) is 7.80. The van der Waals surface area contributed by atoms with Gasteiger partial charge in [-0.2, -0.15) is 0 Å². The Morgan fingerprint density at radius 2 is 1.78 bits per heavy atom. The first-order valence-corrected chi connectivity index (χ1v) is 10.7. The van der Waals surface area contributed by atoms with Crippen molar-refractivity contribution in [2.75, 3.05) is 18.8 Å². The quantitative estimate of drug-likeness (QED) is 0.754. The summed E-state index contributed by atoms with van der Waals surface area (Å²) in [6, 6.07) is 6.28. The van der Waals surface area contributed by atoms with Crippen molar-refractivity contribution in [1.82, 2.24) is 4.90 Å². The van der Waals surface area contributed by atoms with Crippen LogP contribution in [0.1, 0.15) is 64.0 Å². The molecule has 0 bridgehead atoms. The smallest absolute Gasteiger partial charge is 0.178 e. The number of aryl methyl sites for hydroxylation is 1. The van der Waals surface area contributed by atoms with E-state index in [2.05, 4.69) is 31.7 Å². The van der Waals surface area contributed by atoms with Gasteiger partial charge in [0.05, 0.1) is 10.6 Å². The van der Waals surface area contributed by atoms with E-state index in [9.17, 15) is 8.42 Å². The molecule has 130 valence electrons. The third kappa shape index (κ3) is 3.80. The van der Waals surface area contributed by atoms with Crippen molar-refractivity contribution < 1.29 is 8.42 Å². The van der Waals surface area contributed by atoms with Gasteiger partial charge in [-0.25, -0.2) is 8.42 Å². The van der Waals surface area contributed by atoms with E-state index in [1.807, 2.05) is 6.07 Å². The van der Waals surface area contributed by atoms with Gasteiger partial charge in [0.2, 0.25) is 0 Å². The predicted molar refractivity (Wildman–Crippen MR) is 96.8 cm³/mol. The van der Waals surface area contributed by atoms with Crippen molar-refractivity contribution in [3.8, 4) is 0 Å². The number of nitrogens with zero attached hydrogens (tertiary/aromatic N) is 1. The number of fused-ring (bicyclic) bond motifs is 1. The fraction of sp³-hybridized carbons (Fsp3) is 0.684. The Labute approximate surface area is 142 Å². The van der Waals surface area contributed by atoms with Crippen molar-refractivity contribution in [3.05, 3.63) is 29.3 Å². The summed E-state index contributed by atoms with van der Waals surface area (Å²) >= 11 is 0. The standard InChI is InChI=1S/C19H31NO2S/c1-5-13-20(14-6-2)17-12-11-16-9-8-10-18(19(16)15(17)4)23(21,22)7-3/h8-10,15,17H,5-7,11-14H2,1-4H3. The topological polar surface area (TPSA) is 37.4 Å². The first-order chi connectivity index (χ1) is 11.0. The van der Waals surface area contributed by atoms with Gasteiger partial charge in [0.15, 0.2) is 9.84 Å². The molecule has 23 heavy (non-hydrogen) atoms. The third-order valence-electron chi connectivity index (χ3n) is 5.10. The van der Waals surface area contributed by atoms with E-state index in [4.69, 9.17) is 0 Å². The van der Waals surface area contributed by atoms with E-state index in [1.165, 1.54) is 5.56 Å². The van der Waals surface area contributed by atoms with Crippen LogP contribution in [0.3, 0.4) is 0 Å². The van der Waals surface area contributed by atoms with Gasteiger partial charge in [-0.1, -0.05) is 39.8 Å². The molecule has 1 aliphatic rings. The molecule has 0 N–H and O–H groups in total. The molecule has 2 unspecified atom stereocenters. The Balaban J connectivity index is 2.43. The molecular weight excluding hydrogens is 306 g/mol. The van der Waals surface area contributed by atoms with Gasteiger partial charge in [-0.3, -0.25) is 4.90 Å². The van der Waals surface area contributed by atoms with Gasteiger partial charge in [-0.15, -0.1) is 0 Å². The zero-order valence-corrected chi connectivity index (χ0v) is 15.8. The highest BCUT2D eigenvalue weighted by Gasteiger charge is 2.33. The zero-order chi connectivity index (χ0) is 17.0. The minimum atomic E-state index is -3.16. The number of hydrogen-bond acceptors (Lipinski definition) is 3. The molecule has 3 nitrogen and oxygen atoms in total. The lowest BCUT2D eigenvalue weighted by Gasteiger charge is -2.40. The molecular formula is C19H31NO2S. The Morgan fingerprint density at radius 1 is 1.13 bits per heavy atom. The maximum Gasteiger partial charge on any atom is 0.178 e. The molecule has 0 fully saturated rings. The van der Waals surface area contributed by atoms with E-state index in [1.54, 1.807) is 13.0 Å². The minimum Gasteiger partial charge on any atom is -0.300 e. The summed E-state index contributed by atoms with van der Waals surface area (Å²) in [4.78, 5) is 3.14. The highest BCUT2D eigenvalue weighted by atomic mass is 32.2. The van der Waals surface area contributed by atoms with Crippen LogP contribution in [-0.2, 0) is 16.3 Å². The van der Waals surface area contributed by atoms with Crippen molar-refractivity contribution >= 4 is 9.84 Å². The molecule has 0 radical (unpaired) electrons. The molecule has 1 aromatic carbocycles. The molecule has 4 heteroatoms. The van der Waals surface area contributed by atoms with Crippen LogP contribution in [0.25, 0.3) is 0 Å². The molecule has 1 aromatic rings. The Morgan fingerprint density at radius 3 is 2.35 bits per heavy atom. The molecule has 0 saturated heterocycles. The summed E-state index contributed by atoms with van der Waals surface area (Å²) in [7, 11) is -3.16. The summed E-state index contributed by atoms with van der Waals surface area (Å²) in [5, 5.41) is 0. The second-order valence-electron chi connectivity index (χ2n) is 6.66. The molecule has 2 rings (SSSR count). The monoisotopic (exact) mass is 337 g/mol. The van der Waals surface area contributed by atoms with Gasteiger partial charge in [0.1, 0.15) is 0 Å². The van der Waals surface area contributed by atoms with E-state index >= 15 is 0 Å². The molecule has 0 amide bonds. The summed E-state index contributed by atoms with van der Waals surface area (Å²) < 4.78 is 25.1. The summed E-state index contributed by atoms with van der Waals surface area (Å²) in [6.45, 7) is 10.6. The van der Waals surface area contributed by atoms with Gasteiger partial charge >= 0.3 is 0 Å². The molecule has 0 aliphatic heterocycles. The van der Waals surface area contributed by atoms with Crippen LogP contribution in [0.15, 0.2) is 23.1 Å². The minimum absolute atomic E-state index is 0.175. The van der Waals surface area contributed by atoms with Crippen LogP contribution < -0.4 is 0 Å². The van der Waals surface area contributed by atoms with Crippen LogP contribution in [0.5, 0.6) is 0 Å². The Bertz CT molecular complexity index is 618. The highest BCUT2D eigenvalue weighted by Crippen LogP contribution is 2.38. The summed E-state index contributed by atoms with van der Waals surface area (Å²) in [6.07, 6.45) is 4.40. The van der Waals surface area contributed by atoms with Gasteiger partial charge < -0.3 is 0 Å². The van der Waals surface area contributed by atoms with Gasteiger partial charge in [0.25, 0.3) is 0 Å². The van der Waals surface area contributed by atoms with Crippen molar-refractivity contribution in [2.24, 2.45) is 0 Å². The number of benzene rings is 1. The maximum absolute atomic E-state index is 12.5. The van der Waals surface area contributed by atoms with E-state index < -0.39 is 9.84 Å². The van der Waals surface area contributed by atoms with Crippen LogP contribution in [-0.4, -0.2) is 38.2 Å². The maximum atomic E-state index is 12.5. The summed E-state index contributed by atoms with van der Waals surface area (Å²) in [5.74, 6) is 0.448. The van der Waals surface area contributed by atoms with Crippen LogP contribution >= 0.6 is 0 Å². The largest absolute Gasteiger partial charge is 0.300 e. The molecule has 1 aliphatic carbocycles. The van der Waals surface area contributed by atoms with Gasteiger partial charge in [0, 0.05) is 6.04 Å². The van der Waals surface area contributed by atoms with E-state index in [0.29, 0.717) is 10.9 Å². The van der Waals surface area contributed by atoms with Crippen LogP contribution in [0.2, 0.25) is 0 Å². The molecule has 0 heterocycles. The Hall–Kier alpha value is -0.870. The summed E-state index contributed by atoms with van der Waals surface area (Å²) in [5.41, 5.74) is 2.32.